The molecule has 0 aromatic carbocycles. The Hall–Kier alpha value is -1.32. The average molecular weight is 221 g/mol. The Kier molecular flexibility index (Phi) is 3.59. The van der Waals surface area contributed by atoms with Crippen molar-refractivity contribution in [2.24, 2.45) is 5.92 Å². The lowest BCUT2D eigenvalue weighted by atomic mass is 9.86. The molecule has 2 atom stereocenters. The summed E-state index contributed by atoms with van der Waals surface area (Å²) in [5.74, 6) is 0.711. The number of rotatable bonds is 3. The van der Waals surface area contributed by atoms with Gasteiger partial charge in [-0.25, -0.2) is 0 Å². The summed E-state index contributed by atoms with van der Waals surface area (Å²) in [4.78, 5) is 11.8. The highest BCUT2D eigenvalue weighted by Crippen LogP contribution is 2.23. The molecule has 1 aromatic heterocycles. The lowest BCUT2D eigenvalue weighted by Crippen LogP contribution is -2.41. The Bertz CT molecular complexity index is 334. The van der Waals surface area contributed by atoms with Crippen LogP contribution in [0.1, 0.15) is 38.3 Å². The van der Waals surface area contributed by atoms with E-state index in [4.69, 9.17) is 0 Å². The van der Waals surface area contributed by atoms with Crippen molar-refractivity contribution in [1.29, 1.82) is 0 Å². The number of hydrogen-bond acceptors (Lipinski definition) is 2. The van der Waals surface area contributed by atoms with E-state index < -0.39 is 0 Å². The third-order valence-electron chi connectivity index (χ3n) is 3.37. The van der Waals surface area contributed by atoms with Gasteiger partial charge in [0.15, 0.2) is 0 Å². The van der Waals surface area contributed by atoms with Crippen molar-refractivity contribution >= 4 is 5.91 Å². The van der Waals surface area contributed by atoms with Crippen molar-refractivity contribution in [3.8, 4) is 0 Å². The fourth-order valence-electron chi connectivity index (χ4n) is 2.34. The molecule has 1 fully saturated rings. The zero-order valence-corrected chi connectivity index (χ0v) is 9.70. The van der Waals surface area contributed by atoms with Gasteiger partial charge >= 0.3 is 0 Å². The molecule has 88 valence electrons. The molecule has 2 unspecified atom stereocenters. The highest BCUT2D eigenvalue weighted by atomic mass is 16.1. The molecule has 4 heteroatoms. The topological polar surface area (TPSA) is 57.8 Å². The third kappa shape index (κ3) is 2.84. The second-order valence-electron chi connectivity index (χ2n) is 4.69. The summed E-state index contributed by atoms with van der Waals surface area (Å²) < 4.78 is 0. The van der Waals surface area contributed by atoms with Crippen LogP contribution < -0.4 is 5.32 Å². The van der Waals surface area contributed by atoms with Crippen LogP contribution in [0, 0.1) is 5.92 Å². The summed E-state index contributed by atoms with van der Waals surface area (Å²) in [6.45, 7) is 2.22. The summed E-state index contributed by atoms with van der Waals surface area (Å²) in [7, 11) is 0. The largest absolute Gasteiger partial charge is 0.353 e. The van der Waals surface area contributed by atoms with Crippen LogP contribution >= 0.6 is 0 Å². The van der Waals surface area contributed by atoms with Crippen LogP contribution in [0.25, 0.3) is 0 Å². The molecular formula is C12H19N3O. The summed E-state index contributed by atoms with van der Waals surface area (Å²) in [6, 6.07) is 2.20. The molecular weight excluding hydrogens is 202 g/mol. The number of aromatic nitrogens is 2. The second-order valence-corrected chi connectivity index (χ2v) is 4.69. The predicted molar refractivity (Wildman–Crippen MR) is 61.9 cm³/mol. The van der Waals surface area contributed by atoms with Gasteiger partial charge in [0, 0.05) is 17.9 Å². The van der Waals surface area contributed by atoms with Gasteiger partial charge in [0.2, 0.25) is 5.91 Å². The standard InChI is InChI=1S/C12H19N3O/c1-9-4-2-3-5-11(9)14-12(16)8-10-6-7-13-15-10/h6-7,9,11H,2-5,8H2,1H3,(H,13,15)(H,14,16). The van der Waals surface area contributed by atoms with Crippen molar-refractivity contribution in [2.45, 2.75) is 45.1 Å². The molecule has 2 rings (SSSR count). The number of carbonyl (C=O) groups excluding carboxylic acids is 1. The van der Waals surface area contributed by atoms with E-state index in [1.54, 1.807) is 6.20 Å². The molecule has 0 bridgehead atoms. The maximum absolute atomic E-state index is 11.8. The van der Waals surface area contributed by atoms with E-state index in [-0.39, 0.29) is 5.91 Å². The zero-order valence-electron chi connectivity index (χ0n) is 9.70. The first kappa shape index (κ1) is 11.2. The Morgan fingerprint density at radius 3 is 3.06 bits per heavy atom. The SMILES string of the molecule is CC1CCCCC1NC(=O)Cc1ccn[nH]1. The Balaban J connectivity index is 1.82. The van der Waals surface area contributed by atoms with Crippen LogP contribution in [0.15, 0.2) is 12.3 Å². The first-order chi connectivity index (χ1) is 7.75. The minimum Gasteiger partial charge on any atom is -0.353 e. The highest BCUT2D eigenvalue weighted by molar-refractivity contribution is 5.78. The molecule has 0 saturated heterocycles. The fraction of sp³-hybridized carbons (Fsp3) is 0.667. The maximum Gasteiger partial charge on any atom is 0.226 e. The predicted octanol–water partition coefficient (Wildman–Crippen LogP) is 1.65. The molecule has 4 nitrogen and oxygen atoms in total. The van der Waals surface area contributed by atoms with Gasteiger partial charge in [-0.15, -0.1) is 0 Å². The molecule has 0 spiro atoms. The normalized spacial score (nSPS) is 25.3. The van der Waals surface area contributed by atoms with E-state index in [0.717, 1.165) is 12.1 Å². The van der Waals surface area contributed by atoms with Gasteiger partial charge in [-0.2, -0.15) is 5.10 Å². The monoisotopic (exact) mass is 221 g/mol. The molecule has 0 radical (unpaired) electrons. The van der Waals surface area contributed by atoms with Crippen LogP contribution in [0.5, 0.6) is 0 Å². The van der Waals surface area contributed by atoms with Gasteiger partial charge in [0.05, 0.1) is 6.42 Å². The lowest BCUT2D eigenvalue weighted by molar-refractivity contribution is -0.121. The van der Waals surface area contributed by atoms with Gasteiger partial charge in [0.25, 0.3) is 0 Å². The smallest absolute Gasteiger partial charge is 0.226 e. The van der Waals surface area contributed by atoms with E-state index in [1.807, 2.05) is 6.07 Å². The van der Waals surface area contributed by atoms with E-state index in [0.29, 0.717) is 18.4 Å². The minimum absolute atomic E-state index is 0.100. The summed E-state index contributed by atoms with van der Waals surface area (Å²) in [6.07, 6.45) is 6.97. The Morgan fingerprint density at radius 2 is 2.38 bits per heavy atom. The van der Waals surface area contributed by atoms with E-state index in [2.05, 4.69) is 22.4 Å². The van der Waals surface area contributed by atoms with Crippen molar-refractivity contribution in [3.05, 3.63) is 18.0 Å². The number of nitrogens with one attached hydrogen (secondary N) is 2. The first-order valence-electron chi connectivity index (χ1n) is 6.03. The third-order valence-corrected chi connectivity index (χ3v) is 3.37. The van der Waals surface area contributed by atoms with E-state index >= 15 is 0 Å². The number of nitrogens with zero attached hydrogens (tertiary/aromatic N) is 1. The summed E-state index contributed by atoms with van der Waals surface area (Å²) in [5, 5.41) is 9.76. The number of amides is 1. The average Bonchev–Trinajstić information content (AvgIpc) is 2.74. The van der Waals surface area contributed by atoms with Gasteiger partial charge in [-0.3, -0.25) is 9.89 Å². The zero-order chi connectivity index (χ0) is 11.4. The van der Waals surface area contributed by atoms with Gasteiger partial charge < -0.3 is 5.32 Å². The minimum atomic E-state index is 0.100. The van der Waals surface area contributed by atoms with Crippen LogP contribution in [0.4, 0.5) is 0 Å². The number of carbonyl (C=O) groups is 1. The molecule has 1 saturated carbocycles. The van der Waals surface area contributed by atoms with Crippen molar-refractivity contribution in [1.82, 2.24) is 15.5 Å². The Labute approximate surface area is 95.8 Å². The Morgan fingerprint density at radius 1 is 1.56 bits per heavy atom. The van der Waals surface area contributed by atoms with Crippen molar-refractivity contribution in [3.63, 3.8) is 0 Å². The summed E-state index contributed by atoms with van der Waals surface area (Å²) >= 11 is 0. The molecule has 1 aromatic rings. The van der Waals surface area contributed by atoms with Gasteiger partial charge in [-0.1, -0.05) is 19.8 Å². The van der Waals surface area contributed by atoms with E-state index in [1.165, 1.54) is 19.3 Å². The van der Waals surface area contributed by atoms with Crippen molar-refractivity contribution < 1.29 is 4.79 Å². The molecule has 1 aliphatic rings. The number of aromatic amines is 1. The number of hydrogen-bond donors (Lipinski definition) is 2. The molecule has 1 aliphatic carbocycles. The van der Waals surface area contributed by atoms with Gasteiger partial charge in [0.1, 0.15) is 0 Å². The van der Waals surface area contributed by atoms with Crippen molar-refractivity contribution in [2.75, 3.05) is 0 Å². The first-order valence-corrected chi connectivity index (χ1v) is 6.03. The summed E-state index contributed by atoms with van der Waals surface area (Å²) in [5.41, 5.74) is 0.876. The highest BCUT2D eigenvalue weighted by Gasteiger charge is 2.22. The second kappa shape index (κ2) is 5.14. The van der Waals surface area contributed by atoms with Gasteiger partial charge in [-0.05, 0) is 24.8 Å². The van der Waals surface area contributed by atoms with Crippen LogP contribution in [0.3, 0.4) is 0 Å². The van der Waals surface area contributed by atoms with E-state index in [9.17, 15) is 4.79 Å². The number of H-pyrrole nitrogens is 1. The molecule has 0 aliphatic heterocycles. The molecule has 1 amide bonds. The lowest BCUT2D eigenvalue weighted by Gasteiger charge is -2.29. The van der Waals surface area contributed by atoms with Crippen LogP contribution in [-0.2, 0) is 11.2 Å². The molecule has 16 heavy (non-hydrogen) atoms. The quantitative estimate of drug-likeness (QED) is 0.815. The fourth-order valence-corrected chi connectivity index (χ4v) is 2.34. The molecule has 2 N–H and O–H groups in total. The molecule has 1 heterocycles. The van der Waals surface area contributed by atoms with Crippen LogP contribution in [0.2, 0.25) is 0 Å². The maximum atomic E-state index is 11.8. The van der Waals surface area contributed by atoms with Crippen LogP contribution in [-0.4, -0.2) is 22.1 Å².